The van der Waals surface area contributed by atoms with Gasteiger partial charge in [0.25, 0.3) is 11.8 Å². The number of anilines is 1. The number of benzene rings is 2. The molecule has 8 heteroatoms. The van der Waals surface area contributed by atoms with Crippen molar-refractivity contribution >= 4 is 23.4 Å². The van der Waals surface area contributed by atoms with E-state index < -0.39 is 0 Å². The highest BCUT2D eigenvalue weighted by atomic mass is 16.5. The van der Waals surface area contributed by atoms with E-state index in [1.807, 2.05) is 6.92 Å². The molecule has 0 aliphatic carbocycles. The second-order valence-corrected chi connectivity index (χ2v) is 7.07. The Morgan fingerprint density at radius 3 is 2.32 bits per heavy atom. The van der Waals surface area contributed by atoms with Crippen LogP contribution in [0.2, 0.25) is 0 Å². The fourth-order valence-corrected chi connectivity index (χ4v) is 3.34. The molecule has 0 bridgehead atoms. The van der Waals surface area contributed by atoms with Crippen LogP contribution in [0, 0.1) is 6.92 Å². The number of aryl methyl sites for hydroxylation is 1. The van der Waals surface area contributed by atoms with Crippen LogP contribution in [-0.2, 0) is 4.79 Å². The number of aromatic nitrogens is 2. The summed E-state index contributed by atoms with van der Waals surface area (Å²) in [5.74, 6) is -0.253. The minimum atomic E-state index is -0.310. The average Bonchev–Trinajstić information content (AvgIpc) is 3.01. The monoisotopic (exact) mass is 416 g/mol. The van der Waals surface area contributed by atoms with E-state index in [1.54, 1.807) is 60.9 Å². The Balaban J connectivity index is 1.29. The van der Waals surface area contributed by atoms with Gasteiger partial charge in [-0.2, -0.15) is 0 Å². The standard InChI is InChI=1S/C23H20N4O4/c1-15-14-16(31-23-24-11-5-12-25-23)9-10-19(15)26-20(28)8-4-13-27-21(29)17-6-2-3-7-18(17)22(27)30/h2-3,5-7,9-12,14H,4,8,13H2,1H3,(H,26,28). The van der Waals surface area contributed by atoms with Crippen LogP contribution in [0.15, 0.2) is 60.9 Å². The first-order chi connectivity index (χ1) is 15.0. The van der Waals surface area contributed by atoms with Crippen molar-refractivity contribution in [3.05, 3.63) is 77.6 Å². The molecule has 0 unspecified atom stereocenters. The highest BCUT2D eigenvalue weighted by molar-refractivity contribution is 6.21. The van der Waals surface area contributed by atoms with Crippen molar-refractivity contribution in [2.24, 2.45) is 0 Å². The third-order valence-corrected chi connectivity index (χ3v) is 4.89. The van der Waals surface area contributed by atoms with Gasteiger partial charge in [0.05, 0.1) is 11.1 Å². The van der Waals surface area contributed by atoms with Crippen molar-refractivity contribution in [2.45, 2.75) is 19.8 Å². The summed E-state index contributed by atoms with van der Waals surface area (Å²) in [6.07, 6.45) is 3.74. The van der Waals surface area contributed by atoms with Gasteiger partial charge in [0.1, 0.15) is 5.75 Å². The molecule has 3 aromatic rings. The fraction of sp³-hybridized carbons (Fsp3) is 0.174. The first-order valence-corrected chi connectivity index (χ1v) is 9.83. The predicted molar refractivity (Wildman–Crippen MR) is 113 cm³/mol. The summed E-state index contributed by atoms with van der Waals surface area (Å²) in [7, 11) is 0. The average molecular weight is 416 g/mol. The van der Waals surface area contributed by atoms with Crippen molar-refractivity contribution in [3.63, 3.8) is 0 Å². The van der Waals surface area contributed by atoms with Gasteiger partial charge >= 0.3 is 6.01 Å². The van der Waals surface area contributed by atoms with Crippen molar-refractivity contribution in [1.29, 1.82) is 0 Å². The maximum absolute atomic E-state index is 12.4. The van der Waals surface area contributed by atoms with Gasteiger partial charge in [0.15, 0.2) is 0 Å². The number of hydrogen-bond acceptors (Lipinski definition) is 6. The first kappa shape index (κ1) is 20.2. The number of nitrogens with one attached hydrogen (secondary N) is 1. The minimum absolute atomic E-state index is 0.183. The number of carbonyl (C=O) groups excluding carboxylic acids is 3. The summed E-state index contributed by atoms with van der Waals surface area (Å²) >= 11 is 0. The predicted octanol–water partition coefficient (Wildman–Crippen LogP) is 3.59. The summed E-state index contributed by atoms with van der Waals surface area (Å²) in [5, 5.41) is 2.85. The van der Waals surface area contributed by atoms with Crippen LogP contribution >= 0.6 is 0 Å². The van der Waals surface area contributed by atoms with Crippen molar-refractivity contribution in [1.82, 2.24) is 14.9 Å². The van der Waals surface area contributed by atoms with Gasteiger partial charge in [-0.1, -0.05) is 12.1 Å². The number of amides is 3. The normalized spacial score (nSPS) is 12.6. The second kappa shape index (κ2) is 8.74. The summed E-state index contributed by atoms with van der Waals surface area (Å²) < 4.78 is 5.58. The Bertz CT molecular complexity index is 1110. The third kappa shape index (κ3) is 4.42. The highest BCUT2D eigenvalue weighted by Gasteiger charge is 2.34. The molecule has 31 heavy (non-hydrogen) atoms. The van der Waals surface area contributed by atoms with Gasteiger partial charge in [-0.15, -0.1) is 0 Å². The highest BCUT2D eigenvalue weighted by Crippen LogP contribution is 2.25. The molecule has 2 heterocycles. The molecule has 0 fully saturated rings. The Morgan fingerprint density at radius 2 is 1.68 bits per heavy atom. The lowest BCUT2D eigenvalue weighted by atomic mass is 10.1. The quantitative estimate of drug-likeness (QED) is 0.591. The SMILES string of the molecule is Cc1cc(Oc2ncccn2)ccc1NC(=O)CCCN1C(=O)c2ccccc2C1=O. The molecule has 0 atom stereocenters. The Morgan fingerprint density at radius 1 is 1.00 bits per heavy atom. The molecule has 0 radical (unpaired) electrons. The van der Waals surface area contributed by atoms with Crippen LogP contribution in [-0.4, -0.2) is 39.1 Å². The largest absolute Gasteiger partial charge is 0.424 e. The van der Waals surface area contributed by atoms with Crippen LogP contribution in [0.5, 0.6) is 11.8 Å². The molecule has 4 rings (SSSR count). The summed E-state index contributed by atoms with van der Waals surface area (Å²) in [6, 6.07) is 13.9. The van der Waals surface area contributed by atoms with E-state index in [-0.39, 0.29) is 36.7 Å². The molecule has 0 saturated heterocycles. The third-order valence-electron chi connectivity index (χ3n) is 4.89. The van der Waals surface area contributed by atoms with E-state index in [9.17, 15) is 14.4 Å². The molecule has 1 N–H and O–H groups in total. The number of nitrogens with zero attached hydrogens (tertiary/aromatic N) is 3. The maximum atomic E-state index is 12.4. The number of fused-ring (bicyclic) bond motifs is 1. The Labute approximate surface area is 178 Å². The lowest BCUT2D eigenvalue weighted by Crippen LogP contribution is -2.31. The van der Waals surface area contributed by atoms with Gasteiger partial charge in [-0.3, -0.25) is 19.3 Å². The lowest BCUT2D eigenvalue weighted by molar-refractivity contribution is -0.116. The van der Waals surface area contributed by atoms with Crippen LogP contribution in [0.25, 0.3) is 0 Å². The molecular formula is C23H20N4O4. The van der Waals surface area contributed by atoms with Gasteiger partial charge in [-0.05, 0) is 55.3 Å². The van der Waals surface area contributed by atoms with E-state index in [1.165, 1.54) is 4.90 Å². The summed E-state index contributed by atoms with van der Waals surface area (Å²) in [6.45, 7) is 2.05. The molecule has 1 aliphatic heterocycles. The van der Waals surface area contributed by atoms with Crippen molar-refractivity contribution in [3.8, 4) is 11.8 Å². The topological polar surface area (TPSA) is 101 Å². The maximum Gasteiger partial charge on any atom is 0.321 e. The molecule has 2 aromatic carbocycles. The fourth-order valence-electron chi connectivity index (χ4n) is 3.34. The number of ether oxygens (including phenoxy) is 1. The van der Waals surface area contributed by atoms with Crippen LogP contribution in [0.4, 0.5) is 5.69 Å². The molecular weight excluding hydrogens is 396 g/mol. The van der Waals surface area contributed by atoms with Gasteiger partial charge in [0.2, 0.25) is 5.91 Å². The number of hydrogen-bond donors (Lipinski definition) is 1. The van der Waals surface area contributed by atoms with Crippen molar-refractivity contribution < 1.29 is 19.1 Å². The van der Waals surface area contributed by atoms with E-state index in [0.29, 0.717) is 29.0 Å². The van der Waals surface area contributed by atoms with Gasteiger partial charge in [0, 0.05) is 31.0 Å². The van der Waals surface area contributed by atoms with Crippen molar-refractivity contribution in [2.75, 3.05) is 11.9 Å². The molecule has 0 saturated carbocycles. The van der Waals surface area contributed by atoms with Crippen LogP contribution in [0.3, 0.4) is 0 Å². The van der Waals surface area contributed by atoms with E-state index in [2.05, 4.69) is 15.3 Å². The molecule has 1 aromatic heterocycles. The number of rotatable bonds is 7. The zero-order chi connectivity index (χ0) is 21.8. The lowest BCUT2D eigenvalue weighted by Gasteiger charge is -2.14. The van der Waals surface area contributed by atoms with E-state index in [4.69, 9.17) is 4.74 Å². The van der Waals surface area contributed by atoms with Crippen LogP contribution < -0.4 is 10.1 Å². The zero-order valence-electron chi connectivity index (χ0n) is 16.9. The van der Waals surface area contributed by atoms with Crippen LogP contribution in [0.1, 0.15) is 39.1 Å². The first-order valence-electron chi connectivity index (χ1n) is 9.83. The Hall–Kier alpha value is -4.07. The molecule has 3 amide bonds. The summed E-state index contributed by atoms with van der Waals surface area (Å²) in [5.41, 5.74) is 2.31. The molecule has 156 valence electrons. The van der Waals surface area contributed by atoms with Gasteiger partial charge in [-0.25, -0.2) is 9.97 Å². The number of imide groups is 1. The molecule has 1 aliphatic rings. The zero-order valence-corrected chi connectivity index (χ0v) is 16.9. The second-order valence-electron chi connectivity index (χ2n) is 7.07. The smallest absolute Gasteiger partial charge is 0.321 e. The van der Waals surface area contributed by atoms with E-state index in [0.717, 1.165) is 5.56 Å². The Kier molecular flexibility index (Phi) is 5.70. The molecule has 0 spiro atoms. The molecule has 8 nitrogen and oxygen atoms in total. The van der Waals surface area contributed by atoms with Gasteiger partial charge < -0.3 is 10.1 Å². The minimum Gasteiger partial charge on any atom is -0.424 e. The summed E-state index contributed by atoms with van der Waals surface area (Å²) in [4.78, 5) is 46.3. The van der Waals surface area contributed by atoms with E-state index >= 15 is 0 Å². The number of carbonyl (C=O) groups is 3.